The third-order valence-electron chi connectivity index (χ3n) is 4.92. The van der Waals surface area contributed by atoms with Crippen molar-refractivity contribution in [3.63, 3.8) is 0 Å². The van der Waals surface area contributed by atoms with Crippen LogP contribution < -0.4 is 10.1 Å². The molecule has 1 fully saturated rings. The van der Waals surface area contributed by atoms with Crippen molar-refractivity contribution in [1.29, 1.82) is 0 Å². The third kappa shape index (κ3) is 4.99. The van der Waals surface area contributed by atoms with E-state index in [1.54, 1.807) is 12.1 Å². The van der Waals surface area contributed by atoms with Gasteiger partial charge in [-0.15, -0.1) is 0 Å². The van der Waals surface area contributed by atoms with Crippen molar-refractivity contribution in [2.75, 3.05) is 19.5 Å². The molecule has 2 aromatic rings. The summed E-state index contributed by atoms with van der Waals surface area (Å²) in [5, 5.41) is 14.9. The number of methoxy groups -OCH3 is 2. The first-order valence-corrected chi connectivity index (χ1v) is 9.49. The fourth-order valence-corrected chi connectivity index (χ4v) is 3.57. The van der Waals surface area contributed by atoms with Crippen LogP contribution in [0.5, 0.6) is 11.5 Å². The van der Waals surface area contributed by atoms with Gasteiger partial charge in [-0.25, -0.2) is 0 Å². The lowest BCUT2D eigenvalue weighted by molar-refractivity contribution is -0.387. The Morgan fingerprint density at radius 2 is 1.75 bits per heavy atom. The normalized spacial score (nSPS) is 14.8. The first kappa shape index (κ1) is 20.1. The number of rotatable bonds is 8. The maximum atomic E-state index is 11.3. The van der Waals surface area contributed by atoms with Crippen LogP contribution in [0, 0.1) is 10.1 Å². The molecule has 0 unspecified atom stereocenters. The molecule has 1 aliphatic carbocycles. The molecule has 150 valence electrons. The fraction of sp³-hybridized carbons (Fsp3) is 0.429. The number of hydrogen-bond donors (Lipinski definition) is 1. The van der Waals surface area contributed by atoms with E-state index in [0.29, 0.717) is 23.1 Å². The molecular weight excluding hydrogens is 360 g/mol. The number of ether oxygens (including phenoxy) is 3. The number of hydrogen-bond acceptors (Lipinski definition) is 6. The SMILES string of the molecule is COC(OC)c1cc(Oc2cccc(NC3CCCCC3)c2)ccc1[N+](=O)[O-]. The van der Waals surface area contributed by atoms with Crippen LogP contribution in [0.1, 0.15) is 44.0 Å². The summed E-state index contributed by atoms with van der Waals surface area (Å²) >= 11 is 0. The van der Waals surface area contributed by atoms with Gasteiger partial charge in [0.15, 0.2) is 6.29 Å². The maximum Gasteiger partial charge on any atom is 0.277 e. The molecule has 0 heterocycles. The monoisotopic (exact) mass is 386 g/mol. The van der Waals surface area contributed by atoms with Crippen molar-refractivity contribution >= 4 is 11.4 Å². The summed E-state index contributed by atoms with van der Waals surface area (Å²) in [7, 11) is 2.87. The lowest BCUT2D eigenvalue weighted by Gasteiger charge is -2.24. The van der Waals surface area contributed by atoms with E-state index in [1.165, 1.54) is 52.4 Å². The van der Waals surface area contributed by atoms with Gasteiger partial charge in [0.1, 0.15) is 11.5 Å². The standard InChI is InChI=1S/C21H26N2O5/c1-26-21(27-2)19-14-18(11-12-20(19)23(24)25)28-17-10-6-9-16(13-17)22-15-7-4-3-5-8-15/h6,9-15,21-22H,3-5,7-8H2,1-2H3. The van der Waals surface area contributed by atoms with Crippen molar-refractivity contribution in [3.05, 3.63) is 58.1 Å². The molecule has 0 aliphatic heterocycles. The van der Waals surface area contributed by atoms with Gasteiger partial charge in [0.05, 0.1) is 10.5 Å². The van der Waals surface area contributed by atoms with E-state index in [9.17, 15) is 10.1 Å². The number of nitrogens with zero attached hydrogens (tertiary/aromatic N) is 1. The minimum atomic E-state index is -0.844. The zero-order valence-electron chi connectivity index (χ0n) is 16.2. The summed E-state index contributed by atoms with van der Waals surface area (Å²) in [5.74, 6) is 1.14. The Morgan fingerprint density at radius 1 is 1.04 bits per heavy atom. The summed E-state index contributed by atoms with van der Waals surface area (Å²) in [5.41, 5.74) is 1.25. The Bertz CT molecular complexity index is 801. The summed E-state index contributed by atoms with van der Waals surface area (Å²) in [6, 6.07) is 12.8. The van der Waals surface area contributed by atoms with Gasteiger partial charge >= 0.3 is 0 Å². The van der Waals surface area contributed by atoms with Gasteiger partial charge < -0.3 is 19.5 Å². The molecule has 28 heavy (non-hydrogen) atoms. The second-order valence-corrected chi connectivity index (χ2v) is 6.89. The lowest BCUT2D eigenvalue weighted by Crippen LogP contribution is -2.22. The second kappa shape index (κ2) is 9.52. The van der Waals surface area contributed by atoms with Gasteiger partial charge in [0.2, 0.25) is 0 Å². The first-order valence-electron chi connectivity index (χ1n) is 9.49. The second-order valence-electron chi connectivity index (χ2n) is 6.89. The highest BCUT2D eigenvalue weighted by Gasteiger charge is 2.23. The highest BCUT2D eigenvalue weighted by Crippen LogP contribution is 2.34. The van der Waals surface area contributed by atoms with Gasteiger partial charge in [0.25, 0.3) is 5.69 Å². The number of anilines is 1. The van der Waals surface area contributed by atoms with Gasteiger partial charge in [-0.1, -0.05) is 25.3 Å². The van der Waals surface area contributed by atoms with Crippen molar-refractivity contribution in [2.45, 2.75) is 44.4 Å². The van der Waals surface area contributed by atoms with Crippen LogP contribution in [0.25, 0.3) is 0 Å². The van der Waals surface area contributed by atoms with Crippen molar-refractivity contribution in [1.82, 2.24) is 0 Å². The van der Waals surface area contributed by atoms with E-state index in [2.05, 4.69) is 5.32 Å². The van der Waals surface area contributed by atoms with E-state index in [1.807, 2.05) is 24.3 Å². The Labute approximate surface area is 164 Å². The molecule has 0 bridgehead atoms. The van der Waals surface area contributed by atoms with Gasteiger partial charge in [0, 0.05) is 38.1 Å². The number of nitro benzene ring substituents is 1. The van der Waals surface area contributed by atoms with Crippen LogP contribution in [0.2, 0.25) is 0 Å². The molecule has 1 N–H and O–H groups in total. The Kier molecular flexibility index (Phi) is 6.84. The zero-order valence-corrected chi connectivity index (χ0v) is 16.2. The smallest absolute Gasteiger partial charge is 0.277 e. The Hall–Kier alpha value is -2.64. The Balaban J connectivity index is 1.78. The van der Waals surface area contributed by atoms with E-state index in [0.717, 1.165) is 5.69 Å². The largest absolute Gasteiger partial charge is 0.457 e. The third-order valence-corrected chi connectivity index (χ3v) is 4.92. The maximum absolute atomic E-state index is 11.3. The number of nitrogens with one attached hydrogen (secondary N) is 1. The van der Waals surface area contributed by atoms with Crippen molar-refractivity contribution in [3.8, 4) is 11.5 Å². The van der Waals surface area contributed by atoms with Crippen molar-refractivity contribution < 1.29 is 19.1 Å². The van der Waals surface area contributed by atoms with Gasteiger partial charge in [-0.3, -0.25) is 10.1 Å². The van der Waals surface area contributed by atoms with E-state index >= 15 is 0 Å². The molecule has 1 saturated carbocycles. The summed E-state index contributed by atoms with van der Waals surface area (Å²) in [4.78, 5) is 10.8. The highest BCUT2D eigenvalue weighted by atomic mass is 16.7. The van der Waals surface area contributed by atoms with Crippen LogP contribution >= 0.6 is 0 Å². The molecule has 7 heteroatoms. The average molecular weight is 386 g/mol. The lowest BCUT2D eigenvalue weighted by atomic mass is 9.95. The summed E-state index contributed by atoms with van der Waals surface area (Å²) in [6.07, 6.45) is 5.37. The molecule has 1 aliphatic rings. The van der Waals surface area contributed by atoms with E-state index < -0.39 is 11.2 Å². The minimum absolute atomic E-state index is 0.0752. The molecule has 0 radical (unpaired) electrons. The number of nitro groups is 1. The molecule has 3 rings (SSSR count). The predicted octanol–water partition coefficient (Wildman–Crippen LogP) is 5.42. The molecular formula is C21H26N2O5. The predicted molar refractivity (Wildman–Crippen MR) is 107 cm³/mol. The van der Waals surface area contributed by atoms with Crippen molar-refractivity contribution in [2.24, 2.45) is 0 Å². The zero-order chi connectivity index (χ0) is 19.9. The van der Waals surface area contributed by atoms with E-state index in [4.69, 9.17) is 14.2 Å². The molecule has 0 aromatic heterocycles. The van der Waals surface area contributed by atoms with Crippen LogP contribution in [-0.2, 0) is 9.47 Å². The minimum Gasteiger partial charge on any atom is -0.457 e. The average Bonchev–Trinajstić information content (AvgIpc) is 2.70. The highest BCUT2D eigenvalue weighted by molar-refractivity contribution is 5.51. The molecule has 0 atom stereocenters. The van der Waals surface area contributed by atoms with Crippen LogP contribution in [0.15, 0.2) is 42.5 Å². The van der Waals surface area contributed by atoms with Crippen LogP contribution in [0.4, 0.5) is 11.4 Å². The topological polar surface area (TPSA) is 82.9 Å². The molecule has 0 spiro atoms. The first-order chi connectivity index (χ1) is 13.6. The molecule has 0 amide bonds. The molecule has 7 nitrogen and oxygen atoms in total. The van der Waals surface area contributed by atoms with Crippen LogP contribution in [0.3, 0.4) is 0 Å². The Morgan fingerprint density at radius 3 is 2.43 bits per heavy atom. The fourth-order valence-electron chi connectivity index (χ4n) is 3.57. The van der Waals surface area contributed by atoms with Gasteiger partial charge in [-0.2, -0.15) is 0 Å². The summed E-state index contributed by atoms with van der Waals surface area (Å²) in [6.45, 7) is 0. The molecule has 2 aromatic carbocycles. The van der Waals surface area contributed by atoms with E-state index in [-0.39, 0.29) is 5.69 Å². The summed E-state index contributed by atoms with van der Waals surface area (Å²) < 4.78 is 16.3. The van der Waals surface area contributed by atoms with Crippen LogP contribution in [-0.4, -0.2) is 25.2 Å². The van der Waals surface area contributed by atoms with Gasteiger partial charge in [-0.05, 0) is 37.1 Å². The number of benzene rings is 2. The molecule has 0 saturated heterocycles. The quantitative estimate of drug-likeness (QED) is 0.370.